The van der Waals surface area contributed by atoms with Crippen LogP contribution in [0.4, 0.5) is 0 Å². The Labute approximate surface area is 163 Å². The van der Waals surface area contributed by atoms with Crippen molar-refractivity contribution in [1.82, 2.24) is 9.88 Å². The van der Waals surface area contributed by atoms with Gasteiger partial charge in [-0.25, -0.2) is 4.98 Å². The van der Waals surface area contributed by atoms with Crippen LogP contribution in [0.1, 0.15) is 36.5 Å². The Bertz CT molecular complexity index is 756. The van der Waals surface area contributed by atoms with Gasteiger partial charge in [0, 0.05) is 18.5 Å². The van der Waals surface area contributed by atoms with Crippen LogP contribution in [-0.2, 0) is 22.6 Å². The summed E-state index contributed by atoms with van der Waals surface area (Å²) in [5.74, 6) is 0.0591. The van der Waals surface area contributed by atoms with Gasteiger partial charge in [-0.1, -0.05) is 31.5 Å². The van der Waals surface area contributed by atoms with Crippen molar-refractivity contribution in [3.8, 4) is 5.75 Å². The summed E-state index contributed by atoms with van der Waals surface area (Å²) in [6, 6.07) is 7.81. The molecule has 6 nitrogen and oxygen atoms in total. The van der Waals surface area contributed by atoms with Crippen molar-refractivity contribution in [1.29, 1.82) is 0 Å². The van der Waals surface area contributed by atoms with E-state index in [1.54, 1.807) is 4.90 Å². The molecule has 1 heterocycles. The number of hydrogen-bond donors (Lipinski definition) is 1. The van der Waals surface area contributed by atoms with Gasteiger partial charge >= 0.3 is 5.97 Å². The fourth-order valence-corrected chi connectivity index (χ4v) is 3.24. The number of thiazole rings is 1. The highest BCUT2D eigenvalue weighted by Gasteiger charge is 2.18. The summed E-state index contributed by atoms with van der Waals surface area (Å²) in [7, 11) is 0. The van der Waals surface area contributed by atoms with Crippen molar-refractivity contribution in [2.45, 2.75) is 40.2 Å². The Morgan fingerprint density at radius 1 is 1.26 bits per heavy atom. The smallest absolute Gasteiger partial charge is 0.305 e. The van der Waals surface area contributed by atoms with Crippen LogP contribution in [0.25, 0.3) is 0 Å². The van der Waals surface area contributed by atoms with Crippen LogP contribution < -0.4 is 4.74 Å². The molecule has 0 aliphatic heterocycles. The summed E-state index contributed by atoms with van der Waals surface area (Å²) in [5.41, 5.74) is 1.86. The lowest BCUT2D eigenvalue weighted by Gasteiger charge is -2.23. The van der Waals surface area contributed by atoms with Crippen molar-refractivity contribution in [2.75, 3.05) is 13.1 Å². The molecule has 0 unspecified atom stereocenters. The maximum absolute atomic E-state index is 12.5. The van der Waals surface area contributed by atoms with Crippen molar-refractivity contribution in [2.24, 2.45) is 5.92 Å². The molecule has 0 atom stereocenters. The fraction of sp³-hybridized carbons (Fsp3) is 0.450. The maximum Gasteiger partial charge on any atom is 0.305 e. The van der Waals surface area contributed by atoms with Gasteiger partial charge in [-0.15, -0.1) is 11.3 Å². The first-order valence-electron chi connectivity index (χ1n) is 8.95. The van der Waals surface area contributed by atoms with E-state index in [9.17, 15) is 9.59 Å². The number of amides is 1. The van der Waals surface area contributed by atoms with Crippen LogP contribution in [0.3, 0.4) is 0 Å². The second kappa shape index (κ2) is 10.1. The van der Waals surface area contributed by atoms with E-state index in [4.69, 9.17) is 9.84 Å². The van der Waals surface area contributed by atoms with Crippen LogP contribution >= 0.6 is 11.3 Å². The number of carbonyl (C=O) groups excluding carboxylic acids is 1. The van der Waals surface area contributed by atoms with E-state index >= 15 is 0 Å². The van der Waals surface area contributed by atoms with Crippen LogP contribution in [0, 0.1) is 12.8 Å². The highest BCUT2D eigenvalue weighted by molar-refractivity contribution is 7.09. The number of carbonyl (C=O) groups is 2. The third-order valence-electron chi connectivity index (χ3n) is 3.85. The molecule has 1 aromatic carbocycles. The monoisotopic (exact) mass is 390 g/mol. The van der Waals surface area contributed by atoms with Crippen LogP contribution in [0.5, 0.6) is 5.75 Å². The van der Waals surface area contributed by atoms with Gasteiger partial charge in [0.2, 0.25) is 5.91 Å². The van der Waals surface area contributed by atoms with Gasteiger partial charge in [0.15, 0.2) is 0 Å². The van der Waals surface area contributed by atoms with Crippen molar-refractivity contribution in [3.05, 3.63) is 45.9 Å². The molecule has 0 bridgehead atoms. The average molecular weight is 391 g/mol. The fourth-order valence-electron chi connectivity index (χ4n) is 2.53. The predicted octanol–water partition coefficient (Wildman–Crippen LogP) is 3.53. The lowest BCUT2D eigenvalue weighted by atomic mass is 10.2. The number of ether oxygens (including phenoxy) is 1. The average Bonchev–Trinajstić information content (AvgIpc) is 3.05. The molecular weight excluding hydrogens is 364 g/mol. The van der Waals surface area contributed by atoms with E-state index in [-0.39, 0.29) is 31.2 Å². The quantitative estimate of drug-likeness (QED) is 0.671. The van der Waals surface area contributed by atoms with E-state index < -0.39 is 5.97 Å². The van der Waals surface area contributed by atoms with Gasteiger partial charge in [-0.2, -0.15) is 0 Å². The zero-order valence-electron chi connectivity index (χ0n) is 16.0. The molecule has 0 aliphatic rings. The SMILES string of the molecule is Cc1ccc(OCc2nc(CC(=O)N(CCC(=O)O)CC(C)C)cs2)cc1. The molecule has 27 heavy (non-hydrogen) atoms. The molecule has 0 saturated heterocycles. The van der Waals surface area contributed by atoms with Crippen LogP contribution in [0.15, 0.2) is 29.6 Å². The number of carboxylic acid groups (broad SMARTS) is 1. The third-order valence-corrected chi connectivity index (χ3v) is 4.72. The predicted molar refractivity (Wildman–Crippen MR) is 105 cm³/mol. The van der Waals surface area contributed by atoms with Crippen LogP contribution in [-0.4, -0.2) is 40.0 Å². The standard InChI is InChI=1S/C20H26N2O4S/c1-14(2)11-22(9-8-20(24)25)19(23)10-16-13-27-18(21-16)12-26-17-6-4-15(3)5-7-17/h4-7,13-14H,8-12H2,1-3H3,(H,24,25). The Morgan fingerprint density at radius 2 is 1.96 bits per heavy atom. The molecule has 146 valence electrons. The van der Waals surface area contributed by atoms with E-state index in [1.807, 2.05) is 50.4 Å². The number of aryl methyl sites for hydroxylation is 1. The zero-order chi connectivity index (χ0) is 19.8. The summed E-state index contributed by atoms with van der Waals surface area (Å²) in [6.07, 6.45) is 0.124. The number of aromatic nitrogens is 1. The number of rotatable bonds is 10. The lowest BCUT2D eigenvalue weighted by Crippen LogP contribution is -2.37. The minimum Gasteiger partial charge on any atom is -0.486 e. The number of carboxylic acids is 1. The molecule has 1 N–H and O–H groups in total. The highest BCUT2D eigenvalue weighted by Crippen LogP contribution is 2.17. The van der Waals surface area contributed by atoms with Crippen LogP contribution in [0.2, 0.25) is 0 Å². The lowest BCUT2D eigenvalue weighted by molar-refractivity contribution is -0.138. The molecule has 0 spiro atoms. The summed E-state index contributed by atoms with van der Waals surface area (Å²) in [5, 5.41) is 11.5. The topological polar surface area (TPSA) is 79.7 Å². The number of aliphatic carboxylic acids is 1. The molecule has 1 amide bonds. The number of benzene rings is 1. The Hall–Kier alpha value is -2.41. The van der Waals surface area contributed by atoms with Crippen molar-refractivity contribution in [3.63, 3.8) is 0 Å². The first kappa shape index (κ1) is 20.9. The summed E-state index contributed by atoms with van der Waals surface area (Å²) < 4.78 is 5.72. The number of hydrogen-bond acceptors (Lipinski definition) is 5. The number of nitrogens with zero attached hydrogens (tertiary/aromatic N) is 2. The Kier molecular flexibility index (Phi) is 7.79. The van der Waals surface area contributed by atoms with Gasteiger partial charge in [-0.05, 0) is 25.0 Å². The molecule has 2 rings (SSSR count). The van der Waals surface area contributed by atoms with Crippen molar-refractivity contribution < 1.29 is 19.4 Å². The minimum atomic E-state index is -0.902. The molecule has 1 aromatic heterocycles. The minimum absolute atomic E-state index is 0.0504. The molecule has 0 fully saturated rings. The zero-order valence-corrected chi connectivity index (χ0v) is 16.8. The molecule has 0 aliphatic carbocycles. The van der Waals surface area contributed by atoms with Gasteiger partial charge in [0.1, 0.15) is 17.4 Å². The summed E-state index contributed by atoms with van der Waals surface area (Å²) in [4.78, 5) is 29.4. The molecule has 7 heteroatoms. The second-order valence-electron chi connectivity index (χ2n) is 6.89. The van der Waals surface area contributed by atoms with Gasteiger partial charge in [0.05, 0.1) is 18.5 Å². The molecular formula is C20H26N2O4S. The second-order valence-corrected chi connectivity index (χ2v) is 7.83. The Morgan fingerprint density at radius 3 is 2.59 bits per heavy atom. The highest BCUT2D eigenvalue weighted by atomic mass is 32.1. The van der Waals surface area contributed by atoms with Gasteiger partial charge in [-0.3, -0.25) is 9.59 Å². The Balaban J connectivity index is 1.90. The summed E-state index contributed by atoms with van der Waals surface area (Å²) >= 11 is 1.46. The third kappa shape index (κ3) is 7.38. The first-order chi connectivity index (χ1) is 12.8. The normalized spacial score (nSPS) is 10.8. The van der Waals surface area contributed by atoms with E-state index in [1.165, 1.54) is 16.9 Å². The van der Waals surface area contributed by atoms with E-state index in [0.717, 1.165) is 10.8 Å². The molecule has 0 radical (unpaired) electrons. The molecule has 2 aromatic rings. The van der Waals surface area contributed by atoms with Gasteiger partial charge in [0.25, 0.3) is 0 Å². The van der Waals surface area contributed by atoms with E-state index in [2.05, 4.69) is 4.98 Å². The maximum atomic E-state index is 12.5. The largest absolute Gasteiger partial charge is 0.486 e. The molecule has 0 saturated carbocycles. The summed E-state index contributed by atoms with van der Waals surface area (Å²) in [6.45, 7) is 7.15. The van der Waals surface area contributed by atoms with E-state index in [0.29, 0.717) is 18.8 Å². The first-order valence-corrected chi connectivity index (χ1v) is 9.83. The van der Waals surface area contributed by atoms with Gasteiger partial charge < -0.3 is 14.7 Å². The van der Waals surface area contributed by atoms with Crippen molar-refractivity contribution >= 4 is 23.2 Å².